The molecule has 0 aromatic heterocycles. The molecular formula is C18H28N2O5S. The maximum atomic E-state index is 12.9. The van der Waals surface area contributed by atoms with E-state index in [1.54, 1.807) is 11.8 Å². The van der Waals surface area contributed by atoms with E-state index in [2.05, 4.69) is 4.72 Å². The van der Waals surface area contributed by atoms with E-state index in [-0.39, 0.29) is 29.0 Å². The van der Waals surface area contributed by atoms with Gasteiger partial charge in [-0.05, 0) is 38.0 Å². The number of likely N-dealkylation sites (tertiary alicyclic amines) is 1. The van der Waals surface area contributed by atoms with Crippen LogP contribution in [0.1, 0.15) is 43.0 Å². The van der Waals surface area contributed by atoms with Gasteiger partial charge in [-0.2, -0.15) is 0 Å². The highest BCUT2D eigenvalue weighted by Crippen LogP contribution is 2.25. The fraction of sp³-hybridized carbons (Fsp3) is 0.611. The number of hydrogen-bond donors (Lipinski definition) is 1. The Morgan fingerprint density at radius 3 is 2.42 bits per heavy atom. The summed E-state index contributed by atoms with van der Waals surface area (Å²) in [7, 11) is -0.773. The molecule has 0 aliphatic carbocycles. The van der Waals surface area contributed by atoms with Gasteiger partial charge in [0.25, 0.3) is 5.91 Å². The molecule has 146 valence electrons. The molecule has 7 nitrogen and oxygen atoms in total. The number of amides is 1. The minimum atomic E-state index is -3.76. The van der Waals surface area contributed by atoms with Crippen molar-refractivity contribution in [2.24, 2.45) is 0 Å². The average molecular weight is 384 g/mol. The van der Waals surface area contributed by atoms with Crippen molar-refractivity contribution in [1.29, 1.82) is 0 Å². The van der Waals surface area contributed by atoms with E-state index < -0.39 is 10.0 Å². The summed E-state index contributed by atoms with van der Waals surface area (Å²) in [6.45, 7) is 3.34. The van der Waals surface area contributed by atoms with Crippen molar-refractivity contribution in [3.63, 3.8) is 0 Å². The standard InChI is InChI=1S/C18H28N2O5S/c1-14(13-24-2)19-26(22,23)15-8-9-17(25-3)16(12-15)18(21)20-10-6-4-5-7-11-20/h8-9,12,14,19H,4-7,10-11,13H2,1-3H3/t14-/m1/s1. The Hall–Kier alpha value is -1.64. The van der Waals surface area contributed by atoms with Crippen LogP contribution in [-0.4, -0.2) is 59.2 Å². The zero-order chi connectivity index (χ0) is 19.2. The number of carbonyl (C=O) groups excluding carboxylic acids is 1. The minimum Gasteiger partial charge on any atom is -0.496 e. The molecular weight excluding hydrogens is 356 g/mol. The molecule has 26 heavy (non-hydrogen) atoms. The van der Waals surface area contributed by atoms with Crippen LogP contribution < -0.4 is 9.46 Å². The first-order valence-corrected chi connectivity index (χ1v) is 10.4. The second-order valence-corrected chi connectivity index (χ2v) is 8.26. The number of benzene rings is 1. The lowest BCUT2D eigenvalue weighted by atomic mass is 10.1. The molecule has 1 fully saturated rings. The predicted octanol–water partition coefficient (Wildman–Crippen LogP) is 2.02. The second-order valence-electron chi connectivity index (χ2n) is 6.55. The van der Waals surface area contributed by atoms with Gasteiger partial charge in [-0.3, -0.25) is 4.79 Å². The summed E-state index contributed by atoms with van der Waals surface area (Å²) in [5, 5.41) is 0. The van der Waals surface area contributed by atoms with Crippen molar-refractivity contribution >= 4 is 15.9 Å². The Kier molecular flexibility index (Phi) is 7.43. The van der Waals surface area contributed by atoms with Crippen LogP contribution in [-0.2, 0) is 14.8 Å². The number of rotatable bonds is 7. The van der Waals surface area contributed by atoms with Gasteiger partial charge in [-0.25, -0.2) is 13.1 Å². The molecule has 1 aromatic carbocycles. The third-order valence-corrected chi connectivity index (χ3v) is 5.97. The lowest BCUT2D eigenvalue weighted by Gasteiger charge is -2.22. The van der Waals surface area contributed by atoms with Gasteiger partial charge in [0, 0.05) is 26.2 Å². The molecule has 1 atom stereocenters. The smallest absolute Gasteiger partial charge is 0.257 e. The van der Waals surface area contributed by atoms with Gasteiger partial charge < -0.3 is 14.4 Å². The summed E-state index contributed by atoms with van der Waals surface area (Å²) in [5.41, 5.74) is 0.275. The summed E-state index contributed by atoms with van der Waals surface area (Å²) in [6, 6.07) is 3.99. The van der Waals surface area contributed by atoms with Crippen LogP contribution in [0.15, 0.2) is 23.1 Å². The zero-order valence-electron chi connectivity index (χ0n) is 15.7. The van der Waals surface area contributed by atoms with Crippen LogP contribution in [0.3, 0.4) is 0 Å². The van der Waals surface area contributed by atoms with Crippen molar-refractivity contribution in [3.05, 3.63) is 23.8 Å². The summed E-state index contributed by atoms with van der Waals surface area (Å²) >= 11 is 0. The zero-order valence-corrected chi connectivity index (χ0v) is 16.5. The monoisotopic (exact) mass is 384 g/mol. The minimum absolute atomic E-state index is 0.0411. The number of nitrogens with one attached hydrogen (secondary N) is 1. The van der Waals surface area contributed by atoms with Gasteiger partial charge in [0.2, 0.25) is 10.0 Å². The van der Waals surface area contributed by atoms with Crippen LogP contribution in [0.25, 0.3) is 0 Å². The molecule has 1 saturated heterocycles. The van der Waals surface area contributed by atoms with Crippen molar-refractivity contribution in [2.75, 3.05) is 33.9 Å². The number of hydrogen-bond acceptors (Lipinski definition) is 5. The van der Waals surface area contributed by atoms with Crippen LogP contribution in [0, 0.1) is 0 Å². The van der Waals surface area contributed by atoms with Crippen molar-refractivity contribution in [2.45, 2.75) is 43.5 Å². The number of ether oxygens (including phenoxy) is 2. The summed E-state index contributed by atoms with van der Waals surface area (Å²) < 4.78 is 38.0. The second kappa shape index (κ2) is 9.34. The first-order chi connectivity index (χ1) is 12.4. The Morgan fingerprint density at radius 1 is 1.19 bits per heavy atom. The van der Waals surface area contributed by atoms with E-state index in [0.717, 1.165) is 25.7 Å². The van der Waals surface area contributed by atoms with E-state index >= 15 is 0 Å². The third kappa shape index (κ3) is 5.18. The van der Waals surface area contributed by atoms with E-state index in [9.17, 15) is 13.2 Å². The molecule has 0 bridgehead atoms. The number of sulfonamides is 1. The molecule has 1 N–H and O–H groups in total. The normalized spacial score (nSPS) is 16.8. The van der Waals surface area contributed by atoms with Crippen LogP contribution >= 0.6 is 0 Å². The summed E-state index contributed by atoms with van der Waals surface area (Å²) in [4.78, 5) is 14.8. The molecule has 0 unspecified atom stereocenters. The van der Waals surface area contributed by atoms with Gasteiger partial charge >= 0.3 is 0 Å². The first-order valence-electron chi connectivity index (χ1n) is 8.87. The molecule has 0 saturated carbocycles. The van der Waals surface area contributed by atoms with Gasteiger partial charge in [0.1, 0.15) is 5.75 Å². The number of methoxy groups -OCH3 is 2. The molecule has 8 heteroatoms. The molecule has 1 heterocycles. The highest BCUT2D eigenvalue weighted by molar-refractivity contribution is 7.89. The van der Waals surface area contributed by atoms with Gasteiger partial charge in [0.15, 0.2) is 0 Å². The molecule has 1 aliphatic heterocycles. The van der Waals surface area contributed by atoms with E-state index in [1.807, 2.05) is 0 Å². The average Bonchev–Trinajstić information content (AvgIpc) is 2.89. The van der Waals surface area contributed by atoms with E-state index in [4.69, 9.17) is 9.47 Å². The maximum Gasteiger partial charge on any atom is 0.257 e. The van der Waals surface area contributed by atoms with Gasteiger partial charge in [0.05, 0.1) is 24.2 Å². The largest absolute Gasteiger partial charge is 0.496 e. The van der Waals surface area contributed by atoms with E-state index in [0.29, 0.717) is 18.8 Å². The van der Waals surface area contributed by atoms with Crippen molar-refractivity contribution < 1.29 is 22.7 Å². The molecule has 0 spiro atoms. The van der Waals surface area contributed by atoms with Crippen LogP contribution in [0.4, 0.5) is 0 Å². The third-order valence-electron chi connectivity index (χ3n) is 4.38. The lowest BCUT2D eigenvalue weighted by Crippen LogP contribution is -2.36. The SMILES string of the molecule is COC[C@@H](C)NS(=O)(=O)c1ccc(OC)c(C(=O)N2CCCCCC2)c1. The first kappa shape index (κ1) is 20.7. The van der Waals surface area contributed by atoms with Crippen molar-refractivity contribution in [3.8, 4) is 5.75 Å². The Balaban J connectivity index is 2.31. The fourth-order valence-corrected chi connectivity index (χ4v) is 4.34. The highest BCUT2D eigenvalue weighted by atomic mass is 32.2. The Bertz CT molecular complexity index is 712. The lowest BCUT2D eigenvalue weighted by molar-refractivity contribution is 0.0758. The predicted molar refractivity (Wildman–Crippen MR) is 99.0 cm³/mol. The molecule has 0 radical (unpaired) electrons. The molecule has 2 rings (SSSR count). The van der Waals surface area contributed by atoms with Crippen LogP contribution in [0.5, 0.6) is 5.75 Å². The Morgan fingerprint density at radius 2 is 1.85 bits per heavy atom. The quantitative estimate of drug-likeness (QED) is 0.777. The van der Waals surface area contributed by atoms with Gasteiger partial charge in [-0.1, -0.05) is 12.8 Å². The molecule has 1 amide bonds. The summed E-state index contributed by atoms with van der Waals surface area (Å²) in [6.07, 6.45) is 4.14. The van der Waals surface area contributed by atoms with Gasteiger partial charge in [-0.15, -0.1) is 0 Å². The molecule has 1 aromatic rings. The highest BCUT2D eigenvalue weighted by Gasteiger charge is 2.24. The number of nitrogens with zero attached hydrogens (tertiary/aromatic N) is 1. The Labute approximate surface area is 155 Å². The van der Waals surface area contributed by atoms with Crippen LogP contribution in [0.2, 0.25) is 0 Å². The number of carbonyl (C=O) groups is 1. The fourth-order valence-electron chi connectivity index (χ4n) is 3.08. The van der Waals surface area contributed by atoms with E-state index in [1.165, 1.54) is 32.4 Å². The summed E-state index contributed by atoms with van der Waals surface area (Å²) in [5.74, 6) is 0.189. The maximum absolute atomic E-state index is 12.9. The molecule has 1 aliphatic rings. The van der Waals surface area contributed by atoms with Crippen molar-refractivity contribution in [1.82, 2.24) is 9.62 Å². The topological polar surface area (TPSA) is 84.9 Å².